The third kappa shape index (κ3) is 3.57. The van der Waals surface area contributed by atoms with Crippen LogP contribution >= 0.6 is 0 Å². The number of carboxylic acids is 1. The number of carbonyl (C=O) groups excluding carboxylic acids is 1. The van der Waals surface area contributed by atoms with Gasteiger partial charge < -0.3 is 10.0 Å². The van der Waals surface area contributed by atoms with Crippen molar-refractivity contribution in [3.05, 3.63) is 0 Å². The molecule has 1 saturated heterocycles. The van der Waals surface area contributed by atoms with Crippen molar-refractivity contribution < 1.29 is 14.7 Å². The third-order valence-electron chi connectivity index (χ3n) is 5.38. The first-order valence-electron chi connectivity index (χ1n) is 8.05. The third-order valence-corrected chi connectivity index (χ3v) is 5.38. The fourth-order valence-electron chi connectivity index (χ4n) is 3.73. The summed E-state index contributed by atoms with van der Waals surface area (Å²) < 4.78 is 0. The minimum atomic E-state index is -0.758. The number of likely N-dealkylation sites (N-methyl/N-ethyl adjacent to an activating group) is 1. The quantitative estimate of drug-likeness (QED) is 0.859. The van der Waals surface area contributed by atoms with Crippen molar-refractivity contribution in [2.24, 2.45) is 11.3 Å². The van der Waals surface area contributed by atoms with Gasteiger partial charge in [0, 0.05) is 19.6 Å². The molecular weight excluding hydrogens is 268 g/mol. The molecule has 1 aliphatic heterocycles. The van der Waals surface area contributed by atoms with Crippen LogP contribution in [0.2, 0.25) is 0 Å². The van der Waals surface area contributed by atoms with E-state index >= 15 is 0 Å². The standard InChI is InChI=1S/C16H28N2O3/c1-12-6-4-5-7-13(12)17(3)14(19)10-18-9-8-16(2,11-18)15(20)21/h12-13H,4-11H2,1-3H3,(H,20,21). The number of nitrogens with zero attached hydrogens (tertiary/aromatic N) is 2. The summed E-state index contributed by atoms with van der Waals surface area (Å²) in [4.78, 5) is 27.6. The summed E-state index contributed by atoms with van der Waals surface area (Å²) in [5, 5.41) is 9.25. The van der Waals surface area contributed by atoms with Crippen LogP contribution in [0.1, 0.15) is 46.0 Å². The van der Waals surface area contributed by atoms with Crippen LogP contribution in [0.5, 0.6) is 0 Å². The summed E-state index contributed by atoms with van der Waals surface area (Å²) in [6.45, 7) is 5.52. The zero-order chi connectivity index (χ0) is 15.6. The average molecular weight is 296 g/mol. The second-order valence-electron chi connectivity index (χ2n) is 7.16. The van der Waals surface area contributed by atoms with Crippen molar-refractivity contribution in [1.82, 2.24) is 9.80 Å². The van der Waals surface area contributed by atoms with Gasteiger partial charge in [-0.2, -0.15) is 0 Å². The smallest absolute Gasteiger partial charge is 0.310 e. The molecule has 120 valence electrons. The Morgan fingerprint density at radius 2 is 2.00 bits per heavy atom. The molecule has 2 rings (SSSR count). The number of hydrogen-bond acceptors (Lipinski definition) is 3. The van der Waals surface area contributed by atoms with Gasteiger partial charge in [-0.1, -0.05) is 19.8 Å². The number of amides is 1. The molecule has 0 aromatic heterocycles. The molecule has 5 nitrogen and oxygen atoms in total. The molecule has 2 aliphatic rings. The normalized spacial score (nSPS) is 33.9. The van der Waals surface area contributed by atoms with Crippen LogP contribution in [-0.4, -0.2) is 59.5 Å². The minimum Gasteiger partial charge on any atom is -0.481 e. The topological polar surface area (TPSA) is 60.9 Å². The highest BCUT2D eigenvalue weighted by atomic mass is 16.4. The fourth-order valence-corrected chi connectivity index (χ4v) is 3.73. The molecule has 1 amide bonds. The molecule has 1 heterocycles. The van der Waals surface area contributed by atoms with E-state index in [0.717, 1.165) is 6.42 Å². The molecular formula is C16H28N2O3. The van der Waals surface area contributed by atoms with Gasteiger partial charge in [-0.3, -0.25) is 14.5 Å². The maximum atomic E-state index is 12.5. The van der Waals surface area contributed by atoms with Crippen LogP contribution in [-0.2, 0) is 9.59 Å². The van der Waals surface area contributed by atoms with E-state index in [4.69, 9.17) is 0 Å². The van der Waals surface area contributed by atoms with Gasteiger partial charge in [0.1, 0.15) is 0 Å². The summed E-state index contributed by atoms with van der Waals surface area (Å²) in [5.74, 6) is -0.0642. The highest BCUT2D eigenvalue weighted by Gasteiger charge is 2.41. The van der Waals surface area contributed by atoms with E-state index < -0.39 is 11.4 Å². The lowest BCUT2D eigenvalue weighted by Crippen LogP contribution is -2.47. The Bertz CT molecular complexity index is 412. The number of hydrogen-bond donors (Lipinski definition) is 1. The Hall–Kier alpha value is -1.10. The summed E-state index contributed by atoms with van der Waals surface area (Å²) in [6.07, 6.45) is 5.38. The maximum Gasteiger partial charge on any atom is 0.310 e. The van der Waals surface area contributed by atoms with Gasteiger partial charge in [-0.05, 0) is 38.6 Å². The molecule has 1 N–H and O–H groups in total. The molecule has 3 atom stereocenters. The van der Waals surface area contributed by atoms with E-state index in [1.54, 1.807) is 6.92 Å². The summed E-state index contributed by atoms with van der Waals surface area (Å²) in [7, 11) is 1.90. The summed E-state index contributed by atoms with van der Waals surface area (Å²) in [5.41, 5.74) is -0.697. The van der Waals surface area contributed by atoms with E-state index in [1.165, 1.54) is 19.3 Å². The zero-order valence-electron chi connectivity index (χ0n) is 13.5. The lowest BCUT2D eigenvalue weighted by atomic mass is 9.85. The van der Waals surface area contributed by atoms with Crippen LogP contribution in [0.4, 0.5) is 0 Å². The molecule has 0 aromatic rings. The van der Waals surface area contributed by atoms with E-state index in [0.29, 0.717) is 38.0 Å². The first-order chi connectivity index (χ1) is 9.83. The summed E-state index contributed by atoms with van der Waals surface area (Å²) >= 11 is 0. The lowest BCUT2D eigenvalue weighted by molar-refractivity contribution is -0.147. The molecule has 0 bridgehead atoms. The van der Waals surface area contributed by atoms with Crippen LogP contribution in [0.25, 0.3) is 0 Å². The molecule has 1 saturated carbocycles. The van der Waals surface area contributed by atoms with Gasteiger partial charge >= 0.3 is 5.97 Å². The molecule has 5 heteroatoms. The number of rotatable bonds is 4. The van der Waals surface area contributed by atoms with Gasteiger partial charge in [-0.15, -0.1) is 0 Å². The highest BCUT2D eigenvalue weighted by Crippen LogP contribution is 2.31. The first kappa shape index (κ1) is 16.3. The van der Waals surface area contributed by atoms with Crippen LogP contribution in [0, 0.1) is 11.3 Å². The predicted molar refractivity (Wildman–Crippen MR) is 81.0 cm³/mol. The fraction of sp³-hybridized carbons (Fsp3) is 0.875. The molecule has 2 fully saturated rings. The Labute approximate surface area is 127 Å². The number of carboxylic acid groups (broad SMARTS) is 1. The Kier molecular flexibility index (Phi) is 4.91. The molecule has 0 spiro atoms. The van der Waals surface area contributed by atoms with Crippen molar-refractivity contribution in [2.45, 2.75) is 52.0 Å². The number of carbonyl (C=O) groups is 2. The molecule has 0 radical (unpaired) electrons. The predicted octanol–water partition coefficient (Wildman–Crippen LogP) is 1.82. The van der Waals surface area contributed by atoms with E-state index in [2.05, 4.69) is 6.92 Å². The first-order valence-corrected chi connectivity index (χ1v) is 8.05. The zero-order valence-corrected chi connectivity index (χ0v) is 13.5. The van der Waals surface area contributed by atoms with E-state index in [1.807, 2.05) is 16.8 Å². The number of aliphatic carboxylic acids is 1. The summed E-state index contributed by atoms with van der Waals surface area (Å²) in [6, 6.07) is 0.347. The van der Waals surface area contributed by atoms with Gasteiger partial charge in [0.05, 0.1) is 12.0 Å². The van der Waals surface area contributed by atoms with Crippen molar-refractivity contribution in [1.29, 1.82) is 0 Å². The van der Waals surface area contributed by atoms with Crippen molar-refractivity contribution in [3.8, 4) is 0 Å². The van der Waals surface area contributed by atoms with Crippen LogP contribution in [0.3, 0.4) is 0 Å². The van der Waals surface area contributed by atoms with Gasteiger partial charge in [-0.25, -0.2) is 0 Å². The Balaban J connectivity index is 1.88. The minimum absolute atomic E-state index is 0.128. The van der Waals surface area contributed by atoms with Gasteiger partial charge in [0.2, 0.25) is 5.91 Å². The SMILES string of the molecule is CC1CCCCC1N(C)C(=O)CN1CCC(C)(C(=O)O)C1. The van der Waals surface area contributed by atoms with E-state index in [-0.39, 0.29) is 5.91 Å². The molecule has 0 aromatic carbocycles. The van der Waals surface area contributed by atoms with Gasteiger partial charge in [0.15, 0.2) is 0 Å². The van der Waals surface area contributed by atoms with Crippen LogP contribution in [0.15, 0.2) is 0 Å². The van der Waals surface area contributed by atoms with E-state index in [9.17, 15) is 14.7 Å². The second kappa shape index (κ2) is 6.34. The van der Waals surface area contributed by atoms with Gasteiger partial charge in [0.25, 0.3) is 0 Å². The maximum absolute atomic E-state index is 12.5. The van der Waals surface area contributed by atoms with Crippen LogP contribution < -0.4 is 0 Å². The monoisotopic (exact) mass is 296 g/mol. The molecule has 21 heavy (non-hydrogen) atoms. The van der Waals surface area contributed by atoms with Crippen molar-refractivity contribution >= 4 is 11.9 Å². The average Bonchev–Trinajstić information content (AvgIpc) is 2.81. The molecule has 3 unspecified atom stereocenters. The largest absolute Gasteiger partial charge is 0.481 e. The highest BCUT2D eigenvalue weighted by molar-refractivity contribution is 5.79. The van der Waals surface area contributed by atoms with Crippen molar-refractivity contribution in [3.63, 3.8) is 0 Å². The Morgan fingerprint density at radius 1 is 1.33 bits per heavy atom. The number of likely N-dealkylation sites (tertiary alicyclic amines) is 1. The Morgan fingerprint density at radius 3 is 2.57 bits per heavy atom. The van der Waals surface area contributed by atoms with Crippen molar-refractivity contribution in [2.75, 3.05) is 26.7 Å². The molecule has 1 aliphatic carbocycles. The lowest BCUT2D eigenvalue weighted by Gasteiger charge is -2.37. The second-order valence-corrected chi connectivity index (χ2v) is 7.16.